The maximum absolute atomic E-state index is 9.06. The van der Waals surface area contributed by atoms with Crippen LogP contribution < -0.4 is 0 Å². The van der Waals surface area contributed by atoms with Gasteiger partial charge in [-0.15, -0.1) is 0 Å². The summed E-state index contributed by atoms with van der Waals surface area (Å²) >= 11 is 0. The molecule has 6 heteroatoms. The SMILES string of the molecule is COC(CN1CCC(c2ccnn2CCO)CC1)OC. The Labute approximate surface area is 120 Å². The number of piperidine rings is 1. The molecule has 114 valence electrons. The molecule has 2 heterocycles. The van der Waals surface area contributed by atoms with Crippen molar-refractivity contribution >= 4 is 0 Å². The van der Waals surface area contributed by atoms with Gasteiger partial charge in [-0.25, -0.2) is 0 Å². The van der Waals surface area contributed by atoms with Crippen molar-refractivity contribution in [3.8, 4) is 0 Å². The largest absolute Gasteiger partial charge is 0.394 e. The summed E-state index contributed by atoms with van der Waals surface area (Å²) in [6.07, 6.45) is 3.89. The molecule has 2 rings (SSSR count). The van der Waals surface area contributed by atoms with Gasteiger partial charge in [0.1, 0.15) is 0 Å². The highest BCUT2D eigenvalue weighted by Crippen LogP contribution is 2.27. The van der Waals surface area contributed by atoms with Crippen LogP contribution >= 0.6 is 0 Å². The zero-order valence-corrected chi connectivity index (χ0v) is 12.4. The Hall–Kier alpha value is -0.950. The van der Waals surface area contributed by atoms with Gasteiger partial charge in [0.2, 0.25) is 0 Å². The number of aromatic nitrogens is 2. The Morgan fingerprint density at radius 1 is 1.35 bits per heavy atom. The number of aliphatic hydroxyl groups is 1. The van der Waals surface area contributed by atoms with E-state index in [-0.39, 0.29) is 12.9 Å². The van der Waals surface area contributed by atoms with Gasteiger partial charge in [-0.05, 0) is 32.0 Å². The third-order valence-corrected chi connectivity index (χ3v) is 4.00. The smallest absolute Gasteiger partial charge is 0.169 e. The van der Waals surface area contributed by atoms with E-state index in [1.54, 1.807) is 14.2 Å². The highest BCUT2D eigenvalue weighted by molar-refractivity contribution is 5.09. The summed E-state index contributed by atoms with van der Waals surface area (Å²) in [5.74, 6) is 0.531. The Bertz CT molecular complexity index is 385. The second kappa shape index (κ2) is 7.73. The predicted molar refractivity (Wildman–Crippen MR) is 75.5 cm³/mol. The number of likely N-dealkylation sites (tertiary alicyclic amines) is 1. The molecule has 0 amide bonds. The maximum Gasteiger partial charge on any atom is 0.169 e. The Balaban J connectivity index is 1.86. The lowest BCUT2D eigenvalue weighted by atomic mass is 9.93. The number of methoxy groups -OCH3 is 2. The first-order valence-corrected chi connectivity index (χ1v) is 7.19. The fourth-order valence-corrected chi connectivity index (χ4v) is 2.84. The fourth-order valence-electron chi connectivity index (χ4n) is 2.84. The van der Waals surface area contributed by atoms with E-state index >= 15 is 0 Å². The Morgan fingerprint density at radius 2 is 2.05 bits per heavy atom. The fraction of sp³-hybridized carbons (Fsp3) is 0.786. The van der Waals surface area contributed by atoms with E-state index in [1.165, 1.54) is 5.69 Å². The number of aliphatic hydroxyl groups excluding tert-OH is 1. The first kappa shape index (κ1) is 15.4. The number of nitrogens with zero attached hydrogens (tertiary/aromatic N) is 3. The van der Waals surface area contributed by atoms with Gasteiger partial charge in [0.25, 0.3) is 0 Å². The highest BCUT2D eigenvalue weighted by atomic mass is 16.7. The summed E-state index contributed by atoms with van der Waals surface area (Å²) in [5.41, 5.74) is 1.24. The molecule has 0 unspecified atom stereocenters. The van der Waals surface area contributed by atoms with E-state index in [4.69, 9.17) is 14.6 Å². The van der Waals surface area contributed by atoms with Crippen molar-refractivity contribution in [2.75, 3.05) is 40.5 Å². The molecule has 0 bridgehead atoms. The zero-order chi connectivity index (χ0) is 14.4. The number of ether oxygens (including phenoxy) is 2. The van der Waals surface area contributed by atoms with Gasteiger partial charge < -0.3 is 14.6 Å². The molecule has 1 aromatic heterocycles. The molecule has 6 nitrogen and oxygen atoms in total. The van der Waals surface area contributed by atoms with Gasteiger partial charge in [0.05, 0.1) is 13.2 Å². The lowest BCUT2D eigenvalue weighted by Crippen LogP contribution is -2.39. The molecule has 0 aromatic carbocycles. The van der Waals surface area contributed by atoms with Gasteiger partial charge in [-0.1, -0.05) is 0 Å². The molecule has 1 saturated heterocycles. The van der Waals surface area contributed by atoms with E-state index in [0.717, 1.165) is 32.5 Å². The number of rotatable bonds is 7. The van der Waals surface area contributed by atoms with Crippen LogP contribution in [0.1, 0.15) is 24.5 Å². The van der Waals surface area contributed by atoms with Crippen molar-refractivity contribution in [3.05, 3.63) is 18.0 Å². The van der Waals surface area contributed by atoms with Crippen LogP contribution in [0.3, 0.4) is 0 Å². The van der Waals surface area contributed by atoms with Crippen molar-refractivity contribution in [2.45, 2.75) is 31.6 Å². The van der Waals surface area contributed by atoms with Gasteiger partial charge in [0, 0.05) is 38.6 Å². The van der Waals surface area contributed by atoms with Crippen LogP contribution in [0, 0.1) is 0 Å². The maximum atomic E-state index is 9.06. The normalized spacial score (nSPS) is 18.0. The van der Waals surface area contributed by atoms with E-state index in [9.17, 15) is 0 Å². The molecular weight excluding hydrogens is 258 g/mol. The summed E-state index contributed by atoms with van der Waals surface area (Å²) in [6, 6.07) is 2.07. The van der Waals surface area contributed by atoms with E-state index in [0.29, 0.717) is 12.5 Å². The standard InChI is InChI=1S/C14H25N3O3/c1-19-14(20-2)11-16-7-4-12(5-8-16)13-3-6-15-17(13)9-10-18/h3,6,12,14,18H,4-5,7-11H2,1-2H3. The van der Waals surface area contributed by atoms with E-state index in [2.05, 4.69) is 16.1 Å². The predicted octanol–water partition coefficient (Wildman–Crippen LogP) is 0.674. The van der Waals surface area contributed by atoms with Crippen molar-refractivity contribution in [2.24, 2.45) is 0 Å². The molecule has 0 atom stereocenters. The van der Waals surface area contributed by atoms with Crippen LogP contribution in [-0.4, -0.2) is 66.5 Å². The van der Waals surface area contributed by atoms with Crippen LogP contribution in [0.25, 0.3) is 0 Å². The average molecular weight is 283 g/mol. The van der Waals surface area contributed by atoms with Gasteiger partial charge >= 0.3 is 0 Å². The van der Waals surface area contributed by atoms with E-state index in [1.807, 2.05) is 10.9 Å². The van der Waals surface area contributed by atoms with Gasteiger partial charge in [-0.2, -0.15) is 5.10 Å². The van der Waals surface area contributed by atoms with Gasteiger partial charge in [0.15, 0.2) is 6.29 Å². The summed E-state index contributed by atoms with van der Waals surface area (Å²) in [4.78, 5) is 2.38. The van der Waals surface area contributed by atoms with Crippen molar-refractivity contribution < 1.29 is 14.6 Å². The van der Waals surface area contributed by atoms with Crippen LogP contribution in [0.5, 0.6) is 0 Å². The zero-order valence-electron chi connectivity index (χ0n) is 12.4. The minimum atomic E-state index is -0.147. The van der Waals surface area contributed by atoms with Crippen molar-refractivity contribution in [1.29, 1.82) is 0 Å². The molecule has 1 aromatic rings. The molecule has 0 saturated carbocycles. The minimum absolute atomic E-state index is 0.136. The average Bonchev–Trinajstić information content (AvgIpc) is 2.94. The topological polar surface area (TPSA) is 59.8 Å². The lowest BCUT2D eigenvalue weighted by Gasteiger charge is -2.33. The van der Waals surface area contributed by atoms with Crippen LogP contribution in [0.4, 0.5) is 0 Å². The van der Waals surface area contributed by atoms with Crippen LogP contribution in [-0.2, 0) is 16.0 Å². The summed E-state index contributed by atoms with van der Waals surface area (Å²) in [6.45, 7) is 3.61. The monoisotopic (exact) mass is 283 g/mol. The molecule has 0 radical (unpaired) electrons. The summed E-state index contributed by atoms with van der Waals surface area (Å²) in [7, 11) is 3.35. The first-order valence-electron chi connectivity index (χ1n) is 7.19. The van der Waals surface area contributed by atoms with Crippen molar-refractivity contribution in [3.63, 3.8) is 0 Å². The first-order chi connectivity index (χ1) is 9.78. The van der Waals surface area contributed by atoms with Crippen LogP contribution in [0.2, 0.25) is 0 Å². The summed E-state index contributed by atoms with van der Waals surface area (Å²) in [5, 5.41) is 13.3. The second-order valence-corrected chi connectivity index (χ2v) is 5.18. The molecule has 1 aliphatic heterocycles. The van der Waals surface area contributed by atoms with E-state index < -0.39 is 0 Å². The van der Waals surface area contributed by atoms with Crippen LogP contribution in [0.15, 0.2) is 12.3 Å². The molecule has 0 spiro atoms. The number of hydrogen-bond donors (Lipinski definition) is 1. The molecule has 1 N–H and O–H groups in total. The molecular formula is C14H25N3O3. The lowest BCUT2D eigenvalue weighted by molar-refractivity contribution is -0.118. The molecule has 0 aliphatic carbocycles. The third kappa shape index (κ3) is 3.79. The van der Waals surface area contributed by atoms with Crippen molar-refractivity contribution in [1.82, 2.24) is 14.7 Å². The number of hydrogen-bond acceptors (Lipinski definition) is 5. The quantitative estimate of drug-likeness (QED) is 0.746. The Kier molecular flexibility index (Phi) is 5.97. The third-order valence-electron chi connectivity index (χ3n) is 4.00. The summed E-state index contributed by atoms with van der Waals surface area (Å²) < 4.78 is 12.4. The molecule has 1 aliphatic rings. The highest BCUT2D eigenvalue weighted by Gasteiger charge is 2.24. The Morgan fingerprint density at radius 3 is 2.65 bits per heavy atom. The second-order valence-electron chi connectivity index (χ2n) is 5.18. The minimum Gasteiger partial charge on any atom is -0.394 e. The molecule has 1 fully saturated rings. The molecule has 20 heavy (non-hydrogen) atoms. The van der Waals surface area contributed by atoms with Gasteiger partial charge in [-0.3, -0.25) is 9.58 Å².